The van der Waals surface area contributed by atoms with Gasteiger partial charge in [-0.2, -0.15) is 0 Å². The summed E-state index contributed by atoms with van der Waals surface area (Å²) in [5.74, 6) is 0.844. The van der Waals surface area contributed by atoms with E-state index in [1.165, 1.54) is 0 Å². The van der Waals surface area contributed by atoms with Crippen molar-refractivity contribution in [2.24, 2.45) is 0 Å². The van der Waals surface area contributed by atoms with Crippen molar-refractivity contribution < 1.29 is 14.6 Å². The van der Waals surface area contributed by atoms with Crippen LogP contribution in [-0.2, 0) is 11.2 Å². The third-order valence-electron chi connectivity index (χ3n) is 3.22. The van der Waals surface area contributed by atoms with Gasteiger partial charge in [0.25, 0.3) is 0 Å². The van der Waals surface area contributed by atoms with Crippen LogP contribution in [0.4, 0.5) is 0 Å². The first-order valence-corrected chi connectivity index (χ1v) is 6.43. The van der Waals surface area contributed by atoms with E-state index in [2.05, 4.69) is 0 Å². The van der Waals surface area contributed by atoms with Gasteiger partial charge in [0.2, 0.25) is 0 Å². The molecule has 0 fully saturated rings. The molecule has 0 spiro atoms. The van der Waals surface area contributed by atoms with Gasteiger partial charge < -0.3 is 14.6 Å². The van der Waals surface area contributed by atoms with Crippen molar-refractivity contribution in [2.75, 3.05) is 7.11 Å². The topological polar surface area (TPSA) is 38.7 Å². The van der Waals surface area contributed by atoms with Crippen molar-refractivity contribution in [3.63, 3.8) is 0 Å². The molecule has 18 heavy (non-hydrogen) atoms. The number of aliphatic hydroxyl groups is 1. The average molecular weight is 250 g/mol. The molecule has 0 saturated heterocycles. The molecule has 0 aliphatic heterocycles. The zero-order valence-electron chi connectivity index (χ0n) is 11.6. The molecular weight excluding hydrogens is 228 g/mol. The Labute approximate surface area is 109 Å². The van der Waals surface area contributed by atoms with Crippen LogP contribution in [0.1, 0.15) is 44.4 Å². The van der Waals surface area contributed by atoms with Gasteiger partial charge in [0.05, 0.1) is 18.8 Å². The molecule has 2 unspecified atom stereocenters. The Morgan fingerprint density at radius 1 is 1.28 bits per heavy atom. The molecule has 1 N–H and O–H groups in total. The first-order chi connectivity index (χ1) is 8.40. The van der Waals surface area contributed by atoms with Gasteiger partial charge in [0, 0.05) is 0 Å². The number of hydrogen-bond acceptors (Lipinski definition) is 3. The van der Waals surface area contributed by atoms with Gasteiger partial charge in [-0.05, 0) is 56.9 Å². The van der Waals surface area contributed by atoms with Crippen LogP contribution in [0.25, 0.3) is 0 Å². The number of benzene rings is 1. The molecular formula is C15H22O3. The fourth-order valence-electron chi connectivity index (χ4n) is 2.45. The predicted molar refractivity (Wildman–Crippen MR) is 70.9 cm³/mol. The normalized spacial score (nSPS) is 23.6. The first kappa shape index (κ1) is 13.4. The van der Waals surface area contributed by atoms with E-state index in [1.807, 2.05) is 39.0 Å². The predicted octanol–water partition coefficient (Wildman–Crippen LogP) is 2.86. The zero-order valence-corrected chi connectivity index (χ0v) is 11.6. The van der Waals surface area contributed by atoms with Crippen molar-refractivity contribution in [1.29, 1.82) is 0 Å². The standard InChI is InChI=1S/C15H22O3/c1-15(2,3)18-13-8-5-10-9-11(17-4)6-7-12(10)14(13)16/h6-7,9,13-14,16H,5,8H2,1-4H3. The van der Waals surface area contributed by atoms with Crippen LogP contribution in [-0.4, -0.2) is 23.9 Å². The molecule has 2 atom stereocenters. The van der Waals surface area contributed by atoms with E-state index in [0.29, 0.717) is 0 Å². The van der Waals surface area contributed by atoms with Crippen molar-refractivity contribution in [1.82, 2.24) is 0 Å². The van der Waals surface area contributed by atoms with Crippen LogP contribution in [0.15, 0.2) is 18.2 Å². The molecule has 0 radical (unpaired) electrons. The molecule has 0 heterocycles. The van der Waals surface area contributed by atoms with Crippen LogP contribution in [0.5, 0.6) is 5.75 Å². The summed E-state index contributed by atoms with van der Waals surface area (Å²) in [5.41, 5.74) is 1.90. The highest BCUT2D eigenvalue weighted by atomic mass is 16.5. The van der Waals surface area contributed by atoms with Crippen LogP contribution < -0.4 is 4.74 Å². The van der Waals surface area contributed by atoms with Crippen LogP contribution >= 0.6 is 0 Å². The van der Waals surface area contributed by atoms with Gasteiger partial charge in [-0.1, -0.05) is 6.07 Å². The van der Waals surface area contributed by atoms with Crippen LogP contribution in [0.2, 0.25) is 0 Å². The molecule has 3 nitrogen and oxygen atoms in total. The lowest BCUT2D eigenvalue weighted by atomic mass is 9.87. The first-order valence-electron chi connectivity index (χ1n) is 6.43. The summed E-state index contributed by atoms with van der Waals surface area (Å²) in [6.07, 6.45) is 1.10. The third kappa shape index (κ3) is 2.85. The van der Waals surface area contributed by atoms with Gasteiger partial charge >= 0.3 is 0 Å². The van der Waals surface area contributed by atoms with Gasteiger partial charge in [-0.25, -0.2) is 0 Å². The molecule has 100 valence electrons. The summed E-state index contributed by atoms with van der Waals surface area (Å²) < 4.78 is 11.1. The summed E-state index contributed by atoms with van der Waals surface area (Å²) in [6.45, 7) is 6.05. The van der Waals surface area contributed by atoms with Crippen molar-refractivity contribution in [2.45, 2.75) is 51.4 Å². The minimum atomic E-state index is -0.543. The lowest BCUT2D eigenvalue weighted by Gasteiger charge is -2.35. The molecule has 1 aromatic carbocycles. The highest BCUT2D eigenvalue weighted by molar-refractivity contribution is 5.39. The fourth-order valence-corrected chi connectivity index (χ4v) is 2.45. The number of ether oxygens (including phenoxy) is 2. The second-order valence-electron chi connectivity index (χ2n) is 5.82. The third-order valence-corrected chi connectivity index (χ3v) is 3.22. The molecule has 0 amide bonds. The van der Waals surface area contributed by atoms with E-state index in [9.17, 15) is 5.11 Å². The zero-order chi connectivity index (χ0) is 13.3. The van der Waals surface area contributed by atoms with Crippen LogP contribution in [0, 0.1) is 0 Å². The molecule has 1 aliphatic carbocycles. The maximum Gasteiger partial charge on any atom is 0.119 e. The van der Waals surface area contributed by atoms with E-state index < -0.39 is 6.10 Å². The van der Waals surface area contributed by atoms with E-state index in [0.717, 1.165) is 29.7 Å². The van der Waals surface area contributed by atoms with Gasteiger partial charge in [-0.15, -0.1) is 0 Å². The molecule has 0 bridgehead atoms. The average Bonchev–Trinajstić information content (AvgIpc) is 2.31. The highest BCUT2D eigenvalue weighted by Crippen LogP contribution is 2.35. The summed E-state index contributed by atoms with van der Waals surface area (Å²) in [6, 6.07) is 5.84. The second-order valence-corrected chi connectivity index (χ2v) is 5.82. The highest BCUT2D eigenvalue weighted by Gasteiger charge is 2.31. The number of aliphatic hydroxyl groups excluding tert-OH is 1. The Hall–Kier alpha value is -1.06. The number of rotatable bonds is 2. The number of methoxy groups -OCH3 is 1. The Kier molecular flexibility index (Phi) is 3.64. The summed E-state index contributed by atoms with van der Waals surface area (Å²) in [5, 5.41) is 10.4. The maximum absolute atomic E-state index is 10.4. The summed E-state index contributed by atoms with van der Waals surface area (Å²) in [7, 11) is 1.66. The smallest absolute Gasteiger partial charge is 0.119 e. The van der Waals surface area contributed by atoms with Crippen molar-refractivity contribution in [3.8, 4) is 5.75 Å². The fraction of sp³-hybridized carbons (Fsp3) is 0.600. The van der Waals surface area contributed by atoms with Crippen molar-refractivity contribution >= 4 is 0 Å². The van der Waals surface area contributed by atoms with Gasteiger partial charge in [0.1, 0.15) is 11.9 Å². The molecule has 2 rings (SSSR count). The lowest BCUT2D eigenvalue weighted by molar-refractivity contribution is -0.118. The Morgan fingerprint density at radius 2 is 2.00 bits per heavy atom. The summed E-state index contributed by atoms with van der Waals surface area (Å²) in [4.78, 5) is 0. The maximum atomic E-state index is 10.4. The number of aryl methyl sites for hydroxylation is 1. The quantitative estimate of drug-likeness (QED) is 0.877. The van der Waals surface area contributed by atoms with E-state index >= 15 is 0 Å². The Bertz CT molecular complexity index is 420. The molecule has 1 aromatic rings. The monoisotopic (exact) mass is 250 g/mol. The summed E-state index contributed by atoms with van der Waals surface area (Å²) >= 11 is 0. The SMILES string of the molecule is COc1ccc2c(c1)CCC(OC(C)(C)C)C2O. The Morgan fingerprint density at radius 3 is 2.61 bits per heavy atom. The molecule has 3 heteroatoms. The van der Waals surface area contributed by atoms with E-state index in [-0.39, 0.29) is 11.7 Å². The molecule has 0 aromatic heterocycles. The van der Waals surface area contributed by atoms with Crippen molar-refractivity contribution in [3.05, 3.63) is 29.3 Å². The minimum absolute atomic E-state index is 0.120. The van der Waals surface area contributed by atoms with E-state index in [4.69, 9.17) is 9.47 Å². The van der Waals surface area contributed by atoms with Gasteiger partial charge in [-0.3, -0.25) is 0 Å². The molecule has 0 saturated carbocycles. The van der Waals surface area contributed by atoms with Gasteiger partial charge in [0.15, 0.2) is 0 Å². The minimum Gasteiger partial charge on any atom is -0.497 e. The largest absolute Gasteiger partial charge is 0.497 e. The Balaban J connectivity index is 2.20. The molecule has 1 aliphatic rings. The number of hydrogen-bond donors (Lipinski definition) is 1. The lowest BCUT2D eigenvalue weighted by Crippen LogP contribution is -2.35. The second kappa shape index (κ2) is 4.90. The van der Waals surface area contributed by atoms with E-state index in [1.54, 1.807) is 7.11 Å². The van der Waals surface area contributed by atoms with Crippen LogP contribution in [0.3, 0.4) is 0 Å². The number of fused-ring (bicyclic) bond motifs is 1.